The van der Waals surface area contributed by atoms with Gasteiger partial charge in [0, 0.05) is 0 Å². The van der Waals surface area contributed by atoms with Gasteiger partial charge in [-0.3, -0.25) is 4.79 Å². The van der Waals surface area contributed by atoms with Gasteiger partial charge in [-0.2, -0.15) is 0 Å². The fourth-order valence-corrected chi connectivity index (χ4v) is 3.33. The zero-order valence-electron chi connectivity index (χ0n) is 13.9. The Labute approximate surface area is 142 Å². The molecule has 0 unspecified atom stereocenters. The molecule has 0 saturated carbocycles. The number of methoxy groups -OCH3 is 1. The van der Waals surface area contributed by atoms with Gasteiger partial charge >= 0.3 is 0 Å². The molecule has 0 atom stereocenters. The first-order valence-electron chi connectivity index (χ1n) is 7.96. The minimum atomic E-state index is -0.825. The van der Waals surface area contributed by atoms with E-state index in [9.17, 15) is 4.79 Å². The van der Waals surface area contributed by atoms with Crippen LogP contribution in [0, 0.1) is 0 Å². The van der Waals surface area contributed by atoms with E-state index in [1.165, 1.54) is 0 Å². The molecule has 0 heterocycles. The van der Waals surface area contributed by atoms with E-state index in [0.29, 0.717) is 0 Å². The number of Topliss-reactive ketones (excluding diaryl/α,β-unsaturated/α-hetero) is 1. The van der Waals surface area contributed by atoms with Crippen LogP contribution in [0.2, 0.25) is 0 Å². The van der Waals surface area contributed by atoms with Crippen LogP contribution in [0.3, 0.4) is 0 Å². The van der Waals surface area contributed by atoms with Crippen molar-refractivity contribution in [2.75, 3.05) is 7.11 Å². The maximum absolute atomic E-state index is 13.0. The molecule has 0 bridgehead atoms. The highest BCUT2D eigenvalue weighted by Gasteiger charge is 2.40. The lowest BCUT2D eigenvalue weighted by Crippen LogP contribution is -2.36. The summed E-state index contributed by atoms with van der Waals surface area (Å²) in [6.45, 7) is 1.66. The minimum Gasteiger partial charge on any atom is -0.497 e. The van der Waals surface area contributed by atoms with E-state index < -0.39 is 5.41 Å². The van der Waals surface area contributed by atoms with E-state index in [1.54, 1.807) is 14.0 Å². The summed E-state index contributed by atoms with van der Waals surface area (Å²) < 4.78 is 5.27. The van der Waals surface area contributed by atoms with Crippen LogP contribution in [0.25, 0.3) is 0 Å². The summed E-state index contributed by atoms with van der Waals surface area (Å²) in [6, 6.07) is 27.6. The Bertz CT molecular complexity index is 766. The highest BCUT2D eigenvalue weighted by molar-refractivity contribution is 5.96. The van der Waals surface area contributed by atoms with Gasteiger partial charge in [-0.05, 0) is 35.7 Å². The predicted octanol–water partition coefficient (Wildman–Crippen LogP) is 4.62. The first-order valence-corrected chi connectivity index (χ1v) is 7.96. The summed E-state index contributed by atoms with van der Waals surface area (Å²) in [4.78, 5) is 13.0. The average molecular weight is 316 g/mol. The Balaban J connectivity index is 2.32. The molecule has 3 rings (SSSR count). The SMILES string of the molecule is COc1ccc(C(C(C)=O)(c2ccccc2)c2ccccc2)cc1. The van der Waals surface area contributed by atoms with Crippen molar-refractivity contribution in [3.63, 3.8) is 0 Å². The fourth-order valence-electron chi connectivity index (χ4n) is 3.33. The Kier molecular flexibility index (Phi) is 4.48. The summed E-state index contributed by atoms with van der Waals surface area (Å²) in [6.07, 6.45) is 0. The third-order valence-corrected chi connectivity index (χ3v) is 4.46. The van der Waals surface area contributed by atoms with Crippen LogP contribution in [0.4, 0.5) is 0 Å². The monoisotopic (exact) mass is 316 g/mol. The molecule has 0 aliphatic rings. The highest BCUT2D eigenvalue weighted by Crippen LogP contribution is 2.40. The lowest BCUT2D eigenvalue weighted by atomic mass is 9.67. The third-order valence-electron chi connectivity index (χ3n) is 4.46. The van der Waals surface area contributed by atoms with Crippen LogP contribution in [0.15, 0.2) is 84.9 Å². The maximum atomic E-state index is 13.0. The van der Waals surface area contributed by atoms with Crippen LogP contribution in [-0.4, -0.2) is 12.9 Å². The molecule has 0 spiro atoms. The summed E-state index contributed by atoms with van der Waals surface area (Å²) in [5.74, 6) is 0.863. The smallest absolute Gasteiger partial charge is 0.149 e. The van der Waals surface area contributed by atoms with Crippen molar-refractivity contribution >= 4 is 5.78 Å². The molecule has 0 saturated heterocycles. The van der Waals surface area contributed by atoms with E-state index >= 15 is 0 Å². The van der Waals surface area contributed by atoms with Crippen molar-refractivity contribution in [1.29, 1.82) is 0 Å². The second-order valence-electron chi connectivity index (χ2n) is 5.77. The van der Waals surface area contributed by atoms with E-state index in [4.69, 9.17) is 4.74 Å². The zero-order chi connectivity index (χ0) is 17.0. The molecule has 0 aliphatic heterocycles. The largest absolute Gasteiger partial charge is 0.497 e. The quantitative estimate of drug-likeness (QED) is 0.642. The topological polar surface area (TPSA) is 26.3 Å². The maximum Gasteiger partial charge on any atom is 0.149 e. The number of carbonyl (C=O) groups excluding carboxylic acids is 1. The number of rotatable bonds is 5. The van der Waals surface area contributed by atoms with Gasteiger partial charge in [0.25, 0.3) is 0 Å². The summed E-state index contributed by atoms with van der Waals surface area (Å²) in [5.41, 5.74) is 2.05. The lowest BCUT2D eigenvalue weighted by Gasteiger charge is -2.33. The normalized spacial score (nSPS) is 11.1. The highest BCUT2D eigenvalue weighted by atomic mass is 16.5. The van der Waals surface area contributed by atoms with Crippen molar-refractivity contribution in [3.05, 3.63) is 102 Å². The van der Waals surface area contributed by atoms with Crippen molar-refractivity contribution in [2.24, 2.45) is 0 Å². The molecule has 0 aromatic heterocycles. The summed E-state index contributed by atoms with van der Waals surface area (Å²) in [7, 11) is 1.64. The van der Waals surface area contributed by atoms with Gasteiger partial charge in [0.15, 0.2) is 0 Å². The van der Waals surface area contributed by atoms with Gasteiger partial charge in [0.1, 0.15) is 16.9 Å². The van der Waals surface area contributed by atoms with Crippen LogP contribution in [-0.2, 0) is 10.2 Å². The van der Waals surface area contributed by atoms with Crippen molar-refractivity contribution < 1.29 is 9.53 Å². The number of hydrogen-bond acceptors (Lipinski definition) is 2. The Morgan fingerprint density at radius 1 is 0.708 bits per heavy atom. The predicted molar refractivity (Wildman–Crippen MR) is 96.4 cm³/mol. The standard InChI is InChI=1S/C22H20O2/c1-17(23)22(18-9-5-3-6-10-18,19-11-7-4-8-12-19)20-13-15-21(24-2)16-14-20/h3-16H,1-2H3. The molecule has 0 amide bonds. The molecule has 0 fully saturated rings. The number of ketones is 1. The molecule has 3 aromatic carbocycles. The van der Waals surface area contributed by atoms with Crippen molar-refractivity contribution in [1.82, 2.24) is 0 Å². The van der Waals surface area contributed by atoms with Crippen molar-refractivity contribution in [2.45, 2.75) is 12.3 Å². The molecule has 2 heteroatoms. The number of hydrogen-bond donors (Lipinski definition) is 0. The molecule has 3 aromatic rings. The Morgan fingerprint density at radius 3 is 1.50 bits per heavy atom. The second-order valence-corrected chi connectivity index (χ2v) is 5.77. The molecule has 24 heavy (non-hydrogen) atoms. The van der Waals surface area contributed by atoms with E-state index in [-0.39, 0.29) is 5.78 Å². The van der Waals surface area contributed by atoms with Gasteiger partial charge in [-0.1, -0.05) is 72.8 Å². The van der Waals surface area contributed by atoms with E-state index in [1.807, 2.05) is 84.9 Å². The molecule has 0 radical (unpaired) electrons. The van der Waals surface area contributed by atoms with Gasteiger partial charge in [-0.15, -0.1) is 0 Å². The van der Waals surface area contributed by atoms with Crippen LogP contribution in [0.1, 0.15) is 23.6 Å². The van der Waals surface area contributed by atoms with Gasteiger partial charge in [0.2, 0.25) is 0 Å². The summed E-state index contributed by atoms with van der Waals surface area (Å²) >= 11 is 0. The Morgan fingerprint density at radius 2 is 1.12 bits per heavy atom. The van der Waals surface area contributed by atoms with Crippen LogP contribution >= 0.6 is 0 Å². The molecular formula is C22H20O2. The van der Waals surface area contributed by atoms with Gasteiger partial charge in [-0.25, -0.2) is 0 Å². The van der Waals surface area contributed by atoms with Crippen molar-refractivity contribution in [3.8, 4) is 5.75 Å². The number of benzene rings is 3. The third kappa shape index (κ3) is 2.61. The second kappa shape index (κ2) is 6.71. The first-order chi connectivity index (χ1) is 11.7. The fraction of sp³-hybridized carbons (Fsp3) is 0.136. The number of carbonyl (C=O) groups is 1. The minimum absolute atomic E-state index is 0.0880. The molecule has 0 aliphatic carbocycles. The molecule has 2 nitrogen and oxygen atoms in total. The van der Waals surface area contributed by atoms with Gasteiger partial charge in [0.05, 0.1) is 7.11 Å². The average Bonchev–Trinajstić information content (AvgIpc) is 2.64. The molecule has 0 N–H and O–H groups in total. The van der Waals surface area contributed by atoms with Crippen LogP contribution < -0.4 is 4.74 Å². The molecular weight excluding hydrogens is 296 g/mol. The van der Waals surface area contributed by atoms with E-state index in [0.717, 1.165) is 22.4 Å². The number of ether oxygens (including phenoxy) is 1. The summed E-state index contributed by atoms with van der Waals surface area (Å²) in [5, 5.41) is 0. The van der Waals surface area contributed by atoms with Gasteiger partial charge < -0.3 is 4.74 Å². The van der Waals surface area contributed by atoms with E-state index in [2.05, 4.69) is 0 Å². The zero-order valence-corrected chi connectivity index (χ0v) is 13.9. The lowest BCUT2D eigenvalue weighted by molar-refractivity contribution is -0.119. The molecule has 120 valence electrons. The van der Waals surface area contributed by atoms with Crippen LogP contribution in [0.5, 0.6) is 5.75 Å². The Hall–Kier alpha value is -2.87. The first kappa shape index (κ1) is 16.0.